The molecular weight excluding hydrogens is 220 g/mol. The molecule has 2 N–H and O–H groups in total. The van der Waals surface area contributed by atoms with Crippen LogP contribution in [0.5, 0.6) is 0 Å². The molecule has 98 valence electrons. The highest BCUT2D eigenvalue weighted by Crippen LogP contribution is 2.05. The third-order valence-corrected chi connectivity index (χ3v) is 2.12. The SMILES string of the molecule is CCOC(C)CNc1nnc(CNC(C)C)o1. The summed E-state index contributed by atoms with van der Waals surface area (Å²) >= 11 is 0. The number of nitrogens with zero attached hydrogens (tertiary/aromatic N) is 2. The summed E-state index contributed by atoms with van der Waals surface area (Å²) in [6.07, 6.45) is 0.129. The van der Waals surface area contributed by atoms with Gasteiger partial charge in [-0.25, -0.2) is 0 Å². The van der Waals surface area contributed by atoms with Gasteiger partial charge in [0.25, 0.3) is 0 Å². The van der Waals surface area contributed by atoms with E-state index in [-0.39, 0.29) is 6.10 Å². The largest absolute Gasteiger partial charge is 0.407 e. The van der Waals surface area contributed by atoms with E-state index < -0.39 is 0 Å². The Morgan fingerprint density at radius 3 is 2.71 bits per heavy atom. The second-order valence-electron chi connectivity index (χ2n) is 4.18. The zero-order valence-electron chi connectivity index (χ0n) is 11.0. The van der Waals surface area contributed by atoms with Crippen LogP contribution in [0, 0.1) is 0 Å². The molecule has 0 fully saturated rings. The first-order valence-corrected chi connectivity index (χ1v) is 6.03. The molecular formula is C11H22N4O2. The summed E-state index contributed by atoms with van der Waals surface area (Å²) in [4.78, 5) is 0. The Hall–Kier alpha value is -1.14. The van der Waals surface area contributed by atoms with Crippen LogP contribution in [-0.2, 0) is 11.3 Å². The number of nitrogens with one attached hydrogen (secondary N) is 2. The van der Waals surface area contributed by atoms with E-state index in [0.29, 0.717) is 37.6 Å². The van der Waals surface area contributed by atoms with Crippen molar-refractivity contribution in [3.63, 3.8) is 0 Å². The van der Waals surface area contributed by atoms with E-state index in [9.17, 15) is 0 Å². The standard InChI is InChI=1S/C11H22N4O2/c1-5-16-9(4)6-13-11-15-14-10(17-11)7-12-8(2)3/h8-9,12H,5-7H2,1-4H3,(H,13,15). The molecule has 0 aliphatic carbocycles. The zero-order chi connectivity index (χ0) is 12.7. The lowest BCUT2D eigenvalue weighted by atomic mass is 10.4. The molecule has 0 aliphatic heterocycles. The monoisotopic (exact) mass is 242 g/mol. The van der Waals surface area contributed by atoms with Crippen molar-refractivity contribution in [3.05, 3.63) is 5.89 Å². The highest BCUT2D eigenvalue weighted by atomic mass is 16.5. The normalized spacial score (nSPS) is 13.0. The maximum Gasteiger partial charge on any atom is 0.315 e. The van der Waals surface area contributed by atoms with E-state index in [2.05, 4.69) is 34.7 Å². The second-order valence-corrected chi connectivity index (χ2v) is 4.18. The number of rotatable bonds is 8. The number of anilines is 1. The molecule has 0 bridgehead atoms. The van der Waals surface area contributed by atoms with Crippen LogP contribution in [0.2, 0.25) is 0 Å². The van der Waals surface area contributed by atoms with E-state index in [1.165, 1.54) is 0 Å². The number of ether oxygens (including phenoxy) is 1. The Bertz CT molecular complexity index is 314. The minimum Gasteiger partial charge on any atom is -0.407 e. The molecule has 17 heavy (non-hydrogen) atoms. The summed E-state index contributed by atoms with van der Waals surface area (Å²) in [5.41, 5.74) is 0. The van der Waals surface area contributed by atoms with Crippen LogP contribution in [0.15, 0.2) is 4.42 Å². The minimum atomic E-state index is 0.129. The van der Waals surface area contributed by atoms with Gasteiger partial charge in [0, 0.05) is 19.2 Å². The molecule has 0 radical (unpaired) electrons. The molecule has 1 unspecified atom stereocenters. The lowest BCUT2D eigenvalue weighted by Gasteiger charge is -2.10. The van der Waals surface area contributed by atoms with Gasteiger partial charge in [0.1, 0.15) is 0 Å². The summed E-state index contributed by atoms with van der Waals surface area (Å²) in [6, 6.07) is 0.841. The number of aromatic nitrogens is 2. The fourth-order valence-corrected chi connectivity index (χ4v) is 1.26. The van der Waals surface area contributed by atoms with Crippen molar-refractivity contribution in [3.8, 4) is 0 Å². The Morgan fingerprint density at radius 1 is 1.29 bits per heavy atom. The highest BCUT2D eigenvalue weighted by molar-refractivity contribution is 5.16. The Balaban J connectivity index is 2.30. The zero-order valence-corrected chi connectivity index (χ0v) is 11.0. The van der Waals surface area contributed by atoms with Crippen LogP contribution in [0.3, 0.4) is 0 Å². The van der Waals surface area contributed by atoms with Gasteiger partial charge in [-0.05, 0) is 13.8 Å². The first-order chi connectivity index (χ1) is 8.11. The molecule has 1 rings (SSSR count). The Kier molecular flexibility index (Phi) is 5.93. The van der Waals surface area contributed by atoms with Crippen LogP contribution >= 0.6 is 0 Å². The van der Waals surface area contributed by atoms with Gasteiger partial charge in [-0.3, -0.25) is 0 Å². The number of hydrogen-bond donors (Lipinski definition) is 2. The quantitative estimate of drug-likeness (QED) is 0.718. The van der Waals surface area contributed by atoms with Crippen molar-refractivity contribution < 1.29 is 9.15 Å². The van der Waals surface area contributed by atoms with Gasteiger partial charge < -0.3 is 19.8 Å². The van der Waals surface area contributed by atoms with Crippen molar-refractivity contribution in [1.29, 1.82) is 0 Å². The molecule has 0 saturated carbocycles. The maximum absolute atomic E-state index is 5.41. The lowest BCUT2D eigenvalue weighted by Crippen LogP contribution is -2.22. The van der Waals surface area contributed by atoms with Gasteiger partial charge >= 0.3 is 6.01 Å². The molecule has 1 aromatic rings. The van der Waals surface area contributed by atoms with Crippen molar-refractivity contribution in [2.45, 2.75) is 46.4 Å². The molecule has 1 atom stereocenters. The van der Waals surface area contributed by atoms with Gasteiger partial charge in [-0.15, -0.1) is 5.10 Å². The Labute approximate surface area is 102 Å². The Morgan fingerprint density at radius 2 is 2.06 bits per heavy atom. The summed E-state index contributed by atoms with van der Waals surface area (Å²) in [6.45, 7) is 10.1. The number of hydrogen-bond acceptors (Lipinski definition) is 6. The highest BCUT2D eigenvalue weighted by Gasteiger charge is 2.07. The average molecular weight is 242 g/mol. The molecule has 0 amide bonds. The van der Waals surface area contributed by atoms with Crippen molar-refractivity contribution in [2.24, 2.45) is 0 Å². The summed E-state index contributed by atoms with van der Waals surface area (Å²) in [5.74, 6) is 0.588. The molecule has 1 heterocycles. The van der Waals surface area contributed by atoms with Crippen LogP contribution < -0.4 is 10.6 Å². The fourth-order valence-electron chi connectivity index (χ4n) is 1.26. The van der Waals surface area contributed by atoms with E-state index in [1.54, 1.807) is 0 Å². The fraction of sp³-hybridized carbons (Fsp3) is 0.818. The summed E-state index contributed by atoms with van der Waals surface area (Å²) in [7, 11) is 0. The molecule has 0 saturated heterocycles. The second kappa shape index (κ2) is 7.24. The predicted molar refractivity (Wildman–Crippen MR) is 65.9 cm³/mol. The van der Waals surface area contributed by atoms with Gasteiger partial charge in [0.15, 0.2) is 0 Å². The van der Waals surface area contributed by atoms with Crippen LogP contribution in [0.4, 0.5) is 6.01 Å². The molecule has 6 heteroatoms. The average Bonchev–Trinajstić information content (AvgIpc) is 2.72. The molecule has 0 spiro atoms. The van der Waals surface area contributed by atoms with Crippen molar-refractivity contribution in [2.75, 3.05) is 18.5 Å². The summed E-state index contributed by atoms with van der Waals surface area (Å²) < 4.78 is 10.8. The molecule has 1 aromatic heterocycles. The van der Waals surface area contributed by atoms with Crippen LogP contribution in [-0.4, -0.2) is 35.5 Å². The molecule has 0 aromatic carbocycles. The predicted octanol–water partition coefficient (Wildman–Crippen LogP) is 1.40. The van der Waals surface area contributed by atoms with E-state index >= 15 is 0 Å². The lowest BCUT2D eigenvalue weighted by molar-refractivity contribution is 0.0851. The molecule has 0 aliphatic rings. The first kappa shape index (κ1) is 13.9. The van der Waals surface area contributed by atoms with E-state index in [1.807, 2.05) is 13.8 Å². The third kappa shape index (κ3) is 5.65. The summed E-state index contributed by atoms with van der Waals surface area (Å²) in [5, 5.41) is 14.1. The van der Waals surface area contributed by atoms with Gasteiger partial charge in [0.2, 0.25) is 5.89 Å². The smallest absolute Gasteiger partial charge is 0.315 e. The van der Waals surface area contributed by atoms with Gasteiger partial charge in [0.05, 0.1) is 12.6 Å². The third-order valence-electron chi connectivity index (χ3n) is 2.12. The van der Waals surface area contributed by atoms with Crippen LogP contribution in [0.1, 0.15) is 33.6 Å². The molecule has 6 nitrogen and oxygen atoms in total. The van der Waals surface area contributed by atoms with Gasteiger partial charge in [-0.1, -0.05) is 18.9 Å². The first-order valence-electron chi connectivity index (χ1n) is 6.03. The minimum absolute atomic E-state index is 0.129. The van der Waals surface area contributed by atoms with Crippen molar-refractivity contribution >= 4 is 6.01 Å². The topological polar surface area (TPSA) is 72.2 Å². The van der Waals surface area contributed by atoms with Crippen LogP contribution in [0.25, 0.3) is 0 Å². The van der Waals surface area contributed by atoms with E-state index in [4.69, 9.17) is 9.15 Å². The van der Waals surface area contributed by atoms with Crippen molar-refractivity contribution in [1.82, 2.24) is 15.5 Å². The van der Waals surface area contributed by atoms with Gasteiger partial charge in [-0.2, -0.15) is 0 Å². The maximum atomic E-state index is 5.41. The van der Waals surface area contributed by atoms with E-state index in [0.717, 1.165) is 0 Å².